The Morgan fingerprint density at radius 3 is 2.24 bits per heavy atom. The van der Waals surface area contributed by atoms with Crippen LogP contribution in [0.25, 0.3) is 22.6 Å². The Hall–Kier alpha value is -4.78. The normalized spacial score (nSPS) is 10.9. The zero-order chi connectivity index (χ0) is 29.3. The second-order valence-electron chi connectivity index (χ2n) is 9.96. The summed E-state index contributed by atoms with van der Waals surface area (Å²) in [6.45, 7) is 7.50. The average Bonchev–Trinajstić information content (AvgIpc) is 3.59. The Morgan fingerprint density at radius 2 is 1.55 bits per heavy atom. The van der Waals surface area contributed by atoms with Crippen LogP contribution < -0.4 is 9.47 Å². The molecule has 0 bridgehead atoms. The number of esters is 1. The third kappa shape index (κ3) is 7.29. The van der Waals surface area contributed by atoms with E-state index in [-0.39, 0.29) is 12.6 Å². The topological polar surface area (TPSA) is 75.7 Å². The molecule has 216 valence electrons. The summed E-state index contributed by atoms with van der Waals surface area (Å²) in [5.74, 6) is 2.55. The maximum atomic E-state index is 12.1. The lowest BCUT2D eigenvalue weighted by atomic mass is 10.0. The summed E-state index contributed by atoms with van der Waals surface area (Å²) in [5.41, 5.74) is 6.02. The number of hydrogen-bond acceptors (Lipinski definition) is 6. The van der Waals surface area contributed by atoms with Gasteiger partial charge in [0.15, 0.2) is 0 Å². The SMILES string of the molecule is CCOC(=O)CCc1cn(Cc2cc(OCC)cc(OCc3nc(-c4ccccc4)oc3C)c2)cc1-c1ccccc1. The van der Waals surface area contributed by atoms with E-state index in [0.717, 1.165) is 45.0 Å². The molecule has 2 aromatic heterocycles. The molecule has 0 radical (unpaired) electrons. The van der Waals surface area contributed by atoms with Gasteiger partial charge in [-0.25, -0.2) is 4.98 Å². The first kappa shape index (κ1) is 28.7. The molecule has 0 aliphatic carbocycles. The van der Waals surface area contributed by atoms with Gasteiger partial charge in [0, 0.05) is 42.6 Å². The number of carbonyl (C=O) groups is 1. The summed E-state index contributed by atoms with van der Waals surface area (Å²) < 4.78 is 25.3. The van der Waals surface area contributed by atoms with Gasteiger partial charge in [-0.15, -0.1) is 0 Å². The third-order valence-corrected chi connectivity index (χ3v) is 6.86. The summed E-state index contributed by atoms with van der Waals surface area (Å²) in [4.78, 5) is 16.8. The van der Waals surface area contributed by atoms with Crippen LogP contribution in [0.2, 0.25) is 0 Å². The molecular formula is C35H36N2O5. The Kier molecular flexibility index (Phi) is 9.39. The lowest BCUT2D eigenvalue weighted by Gasteiger charge is -2.12. The lowest BCUT2D eigenvalue weighted by molar-refractivity contribution is -0.143. The van der Waals surface area contributed by atoms with Gasteiger partial charge in [0.25, 0.3) is 0 Å². The Bertz CT molecular complexity index is 1610. The van der Waals surface area contributed by atoms with E-state index >= 15 is 0 Å². The van der Waals surface area contributed by atoms with Gasteiger partial charge in [0.1, 0.15) is 29.6 Å². The summed E-state index contributed by atoms with van der Waals surface area (Å²) in [6, 6.07) is 26.0. The summed E-state index contributed by atoms with van der Waals surface area (Å²) in [6.07, 6.45) is 5.18. The van der Waals surface area contributed by atoms with Crippen molar-refractivity contribution in [3.05, 3.63) is 114 Å². The van der Waals surface area contributed by atoms with Gasteiger partial charge in [-0.05, 0) is 68.1 Å². The molecule has 0 N–H and O–H groups in total. The van der Waals surface area contributed by atoms with Crippen LogP contribution in [0.3, 0.4) is 0 Å². The molecule has 0 spiro atoms. The van der Waals surface area contributed by atoms with Crippen LogP contribution in [0.15, 0.2) is 95.7 Å². The fraction of sp³-hybridized carbons (Fsp3) is 0.257. The van der Waals surface area contributed by atoms with Crippen LogP contribution in [-0.4, -0.2) is 28.7 Å². The molecule has 0 aliphatic heterocycles. The fourth-order valence-corrected chi connectivity index (χ4v) is 4.88. The largest absolute Gasteiger partial charge is 0.494 e. The van der Waals surface area contributed by atoms with E-state index in [0.29, 0.717) is 44.2 Å². The summed E-state index contributed by atoms with van der Waals surface area (Å²) in [5, 5.41) is 0. The van der Waals surface area contributed by atoms with Crippen LogP contribution in [0, 0.1) is 6.92 Å². The molecule has 5 rings (SSSR count). The molecule has 0 unspecified atom stereocenters. The van der Waals surface area contributed by atoms with Gasteiger partial charge in [-0.3, -0.25) is 4.79 Å². The number of oxazole rings is 1. The molecule has 3 aromatic carbocycles. The summed E-state index contributed by atoms with van der Waals surface area (Å²) >= 11 is 0. The van der Waals surface area contributed by atoms with Crippen LogP contribution in [0.4, 0.5) is 0 Å². The highest BCUT2D eigenvalue weighted by molar-refractivity contribution is 5.72. The first-order chi connectivity index (χ1) is 20.5. The Morgan fingerprint density at radius 1 is 0.857 bits per heavy atom. The third-order valence-electron chi connectivity index (χ3n) is 6.86. The predicted molar refractivity (Wildman–Crippen MR) is 163 cm³/mol. The number of aryl methyl sites for hydroxylation is 2. The highest BCUT2D eigenvalue weighted by Crippen LogP contribution is 2.29. The lowest BCUT2D eigenvalue weighted by Crippen LogP contribution is -2.05. The highest BCUT2D eigenvalue weighted by atomic mass is 16.5. The molecule has 5 aromatic rings. The van der Waals surface area contributed by atoms with Gasteiger partial charge in [0.2, 0.25) is 5.89 Å². The monoisotopic (exact) mass is 564 g/mol. The molecule has 0 fully saturated rings. The van der Waals surface area contributed by atoms with Crippen molar-refractivity contribution in [3.63, 3.8) is 0 Å². The number of rotatable bonds is 13. The zero-order valence-corrected chi connectivity index (χ0v) is 24.3. The fourth-order valence-electron chi connectivity index (χ4n) is 4.88. The van der Waals surface area contributed by atoms with E-state index in [1.807, 2.05) is 87.5 Å². The van der Waals surface area contributed by atoms with Crippen molar-refractivity contribution in [1.82, 2.24) is 9.55 Å². The van der Waals surface area contributed by atoms with Crippen molar-refractivity contribution in [2.45, 2.75) is 46.8 Å². The standard InChI is InChI=1S/C35H36N2O5/c1-4-39-30-18-26(19-31(20-30)41-24-33-25(3)42-35(36-33)28-14-10-7-11-15-28)21-37-22-29(16-17-34(38)40-5-2)32(23-37)27-12-8-6-9-13-27/h6-15,18-20,22-23H,4-5,16-17,21,24H2,1-3H3. The molecule has 0 saturated carbocycles. The first-order valence-corrected chi connectivity index (χ1v) is 14.3. The molecule has 0 saturated heterocycles. The molecule has 42 heavy (non-hydrogen) atoms. The van der Waals surface area contributed by atoms with Crippen molar-refractivity contribution in [2.24, 2.45) is 0 Å². The zero-order valence-electron chi connectivity index (χ0n) is 24.3. The van der Waals surface area contributed by atoms with Crippen molar-refractivity contribution in [2.75, 3.05) is 13.2 Å². The maximum absolute atomic E-state index is 12.1. The molecule has 7 nitrogen and oxygen atoms in total. The van der Waals surface area contributed by atoms with Crippen LogP contribution >= 0.6 is 0 Å². The van der Waals surface area contributed by atoms with Crippen molar-refractivity contribution in [1.29, 1.82) is 0 Å². The van der Waals surface area contributed by atoms with E-state index in [1.54, 1.807) is 0 Å². The quantitative estimate of drug-likeness (QED) is 0.137. The van der Waals surface area contributed by atoms with Crippen LogP contribution in [0.5, 0.6) is 11.5 Å². The molecule has 0 aliphatic rings. The van der Waals surface area contributed by atoms with E-state index < -0.39 is 0 Å². The summed E-state index contributed by atoms with van der Waals surface area (Å²) in [7, 11) is 0. The van der Waals surface area contributed by atoms with Gasteiger partial charge < -0.3 is 23.2 Å². The number of carbonyl (C=O) groups excluding carboxylic acids is 1. The second kappa shape index (κ2) is 13.7. The minimum atomic E-state index is -0.186. The van der Waals surface area contributed by atoms with Gasteiger partial charge >= 0.3 is 5.97 Å². The molecule has 0 atom stereocenters. The molecule has 7 heteroatoms. The number of ether oxygens (including phenoxy) is 3. The van der Waals surface area contributed by atoms with Gasteiger partial charge in [-0.1, -0.05) is 48.5 Å². The molecular weight excluding hydrogens is 528 g/mol. The van der Waals surface area contributed by atoms with Gasteiger partial charge in [0.05, 0.1) is 13.2 Å². The Labute approximate surface area is 246 Å². The molecule has 0 amide bonds. The van der Waals surface area contributed by atoms with Crippen LogP contribution in [0.1, 0.15) is 42.8 Å². The number of aromatic nitrogens is 2. The predicted octanol–water partition coefficient (Wildman–Crippen LogP) is 7.64. The average molecular weight is 565 g/mol. The van der Waals surface area contributed by atoms with Crippen molar-refractivity contribution >= 4 is 5.97 Å². The number of hydrogen-bond donors (Lipinski definition) is 0. The highest BCUT2D eigenvalue weighted by Gasteiger charge is 2.15. The minimum absolute atomic E-state index is 0.186. The van der Waals surface area contributed by atoms with Gasteiger partial charge in [-0.2, -0.15) is 0 Å². The van der Waals surface area contributed by atoms with E-state index in [4.69, 9.17) is 18.6 Å². The Balaban J connectivity index is 1.36. The minimum Gasteiger partial charge on any atom is -0.494 e. The van der Waals surface area contributed by atoms with Crippen molar-refractivity contribution < 1.29 is 23.4 Å². The molecule has 2 heterocycles. The second-order valence-corrected chi connectivity index (χ2v) is 9.96. The maximum Gasteiger partial charge on any atom is 0.306 e. The number of benzene rings is 3. The van der Waals surface area contributed by atoms with E-state index in [1.165, 1.54) is 0 Å². The first-order valence-electron chi connectivity index (χ1n) is 14.3. The number of nitrogens with zero attached hydrogens (tertiary/aromatic N) is 2. The van der Waals surface area contributed by atoms with Crippen molar-refractivity contribution in [3.8, 4) is 34.1 Å². The van der Waals surface area contributed by atoms with E-state index in [9.17, 15) is 4.79 Å². The van der Waals surface area contributed by atoms with E-state index in [2.05, 4.69) is 34.1 Å². The smallest absolute Gasteiger partial charge is 0.306 e. The van der Waals surface area contributed by atoms with Crippen LogP contribution in [-0.2, 0) is 29.1 Å².